The Morgan fingerprint density at radius 2 is 2.31 bits per heavy atom. The molecule has 1 saturated heterocycles. The van der Waals surface area contributed by atoms with Crippen molar-refractivity contribution in [2.45, 2.75) is 32.7 Å². The van der Waals surface area contributed by atoms with E-state index in [4.69, 9.17) is 4.74 Å². The number of methoxy groups -OCH3 is 1. The van der Waals surface area contributed by atoms with Gasteiger partial charge in [0.05, 0.1) is 13.0 Å². The summed E-state index contributed by atoms with van der Waals surface area (Å²) in [6.45, 7) is 5.14. The topological polar surface area (TPSA) is 38.3 Å². The number of esters is 1. The van der Waals surface area contributed by atoms with Crippen molar-refractivity contribution in [1.82, 2.24) is 5.32 Å². The number of rotatable bonds is 2. The Hall–Kier alpha value is -0.570. The highest BCUT2D eigenvalue weighted by Gasteiger charge is 2.30. The van der Waals surface area contributed by atoms with E-state index in [1.165, 1.54) is 7.11 Å². The van der Waals surface area contributed by atoms with Gasteiger partial charge in [-0.15, -0.1) is 0 Å². The highest BCUT2D eigenvalue weighted by molar-refractivity contribution is 5.72. The van der Waals surface area contributed by atoms with Crippen LogP contribution in [-0.4, -0.2) is 25.7 Å². The Bertz CT molecular complexity index is 182. The van der Waals surface area contributed by atoms with E-state index >= 15 is 0 Å². The minimum Gasteiger partial charge on any atom is -0.469 e. The van der Waals surface area contributed by atoms with Crippen LogP contribution in [-0.2, 0) is 9.53 Å². The van der Waals surface area contributed by atoms with Gasteiger partial charge in [0, 0.05) is 12.6 Å². The first kappa shape index (κ1) is 10.5. The minimum atomic E-state index is -0.0751. The van der Waals surface area contributed by atoms with Crippen molar-refractivity contribution in [3.8, 4) is 0 Å². The second kappa shape index (κ2) is 4.61. The molecule has 3 unspecified atom stereocenters. The van der Waals surface area contributed by atoms with E-state index in [-0.39, 0.29) is 11.9 Å². The third-order valence-electron chi connectivity index (χ3n) is 2.94. The summed E-state index contributed by atoms with van der Waals surface area (Å²) in [4.78, 5) is 11.2. The van der Waals surface area contributed by atoms with Gasteiger partial charge < -0.3 is 10.1 Å². The molecule has 3 atom stereocenters. The molecule has 1 rings (SSSR count). The van der Waals surface area contributed by atoms with Crippen LogP contribution in [0.2, 0.25) is 0 Å². The van der Waals surface area contributed by atoms with Gasteiger partial charge >= 0.3 is 5.97 Å². The fourth-order valence-electron chi connectivity index (χ4n) is 2.08. The molecule has 0 aromatic heterocycles. The molecule has 0 aromatic carbocycles. The van der Waals surface area contributed by atoms with Gasteiger partial charge in [-0.3, -0.25) is 4.79 Å². The number of ether oxygens (including phenoxy) is 1. The van der Waals surface area contributed by atoms with Crippen molar-refractivity contribution in [3.05, 3.63) is 0 Å². The van der Waals surface area contributed by atoms with E-state index in [1.54, 1.807) is 0 Å². The van der Waals surface area contributed by atoms with Gasteiger partial charge in [-0.2, -0.15) is 0 Å². The quantitative estimate of drug-likeness (QED) is 0.657. The predicted molar refractivity (Wildman–Crippen MR) is 51.4 cm³/mol. The van der Waals surface area contributed by atoms with Crippen molar-refractivity contribution in [3.63, 3.8) is 0 Å². The Morgan fingerprint density at radius 1 is 1.62 bits per heavy atom. The Kier molecular flexibility index (Phi) is 3.72. The Balaban J connectivity index is 2.45. The average Bonchev–Trinajstić information content (AvgIpc) is 2.16. The maximum Gasteiger partial charge on any atom is 0.309 e. The summed E-state index contributed by atoms with van der Waals surface area (Å²) < 4.78 is 4.73. The summed E-state index contributed by atoms with van der Waals surface area (Å²) in [6, 6.07) is 0.570. The number of carbonyl (C=O) groups excluding carboxylic acids is 1. The molecule has 1 fully saturated rings. The largest absolute Gasteiger partial charge is 0.469 e. The van der Waals surface area contributed by atoms with E-state index in [0.29, 0.717) is 12.0 Å². The van der Waals surface area contributed by atoms with Crippen molar-refractivity contribution in [1.29, 1.82) is 0 Å². The molecule has 0 aliphatic carbocycles. The lowest BCUT2D eigenvalue weighted by atomic mass is 9.85. The highest BCUT2D eigenvalue weighted by Crippen LogP contribution is 2.23. The van der Waals surface area contributed by atoms with Crippen LogP contribution < -0.4 is 5.32 Å². The first-order valence-electron chi connectivity index (χ1n) is 5.00. The van der Waals surface area contributed by atoms with Crippen molar-refractivity contribution in [2.24, 2.45) is 11.8 Å². The van der Waals surface area contributed by atoms with Crippen molar-refractivity contribution < 1.29 is 9.53 Å². The van der Waals surface area contributed by atoms with Crippen LogP contribution in [0.3, 0.4) is 0 Å². The van der Waals surface area contributed by atoms with Crippen LogP contribution in [0.15, 0.2) is 0 Å². The zero-order valence-corrected chi connectivity index (χ0v) is 8.67. The molecule has 3 nitrogen and oxygen atoms in total. The van der Waals surface area contributed by atoms with Crippen LogP contribution in [0.1, 0.15) is 26.7 Å². The van der Waals surface area contributed by atoms with Crippen molar-refractivity contribution >= 4 is 5.97 Å². The zero-order chi connectivity index (χ0) is 9.84. The molecule has 1 heterocycles. The molecule has 0 amide bonds. The normalized spacial score (nSPS) is 34.2. The van der Waals surface area contributed by atoms with E-state index in [1.807, 2.05) is 0 Å². The van der Waals surface area contributed by atoms with Gasteiger partial charge in [-0.25, -0.2) is 0 Å². The first-order chi connectivity index (χ1) is 6.19. The first-order valence-corrected chi connectivity index (χ1v) is 5.00. The molecule has 13 heavy (non-hydrogen) atoms. The number of nitrogens with one attached hydrogen (secondary N) is 1. The van der Waals surface area contributed by atoms with Gasteiger partial charge in [0.1, 0.15) is 0 Å². The predicted octanol–water partition coefficient (Wildman–Crippen LogP) is 1.18. The fraction of sp³-hybridized carbons (Fsp3) is 0.900. The van der Waals surface area contributed by atoms with Crippen LogP contribution >= 0.6 is 0 Å². The second-order valence-corrected chi connectivity index (χ2v) is 3.86. The number of hydrogen-bond acceptors (Lipinski definition) is 3. The van der Waals surface area contributed by atoms with E-state index in [0.717, 1.165) is 19.4 Å². The average molecular weight is 185 g/mol. The lowest BCUT2D eigenvalue weighted by Crippen LogP contribution is -2.46. The van der Waals surface area contributed by atoms with Gasteiger partial charge in [0.15, 0.2) is 0 Å². The molecule has 0 saturated carbocycles. The second-order valence-electron chi connectivity index (χ2n) is 3.86. The Labute approximate surface area is 79.8 Å². The van der Waals surface area contributed by atoms with Crippen molar-refractivity contribution in [2.75, 3.05) is 13.7 Å². The molecular weight excluding hydrogens is 166 g/mol. The third kappa shape index (κ3) is 2.44. The molecular formula is C10H19NO2. The summed E-state index contributed by atoms with van der Waals surface area (Å²) >= 11 is 0. The van der Waals surface area contributed by atoms with Gasteiger partial charge in [0.2, 0.25) is 0 Å². The third-order valence-corrected chi connectivity index (χ3v) is 2.94. The lowest BCUT2D eigenvalue weighted by molar-refractivity contribution is -0.146. The highest BCUT2D eigenvalue weighted by atomic mass is 16.5. The molecule has 1 aliphatic heterocycles. The maximum atomic E-state index is 11.2. The molecule has 0 bridgehead atoms. The number of carbonyl (C=O) groups is 1. The standard InChI is InChI=1S/C10H19NO2/c1-4-9-7(2)5-8(6-11-9)10(12)13-3/h7-9,11H,4-6H2,1-3H3. The zero-order valence-electron chi connectivity index (χ0n) is 8.67. The minimum absolute atomic E-state index is 0.0581. The molecule has 0 aromatic rings. The molecule has 1 aliphatic rings. The van der Waals surface area contributed by atoms with Gasteiger partial charge in [-0.05, 0) is 18.8 Å². The maximum absolute atomic E-state index is 11.2. The summed E-state index contributed by atoms with van der Waals surface area (Å²) in [5.74, 6) is 0.555. The number of piperidine rings is 1. The van der Waals surface area contributed by atoms with Crippen LogP contribution in [0.5, 0.6) is 0 Å². The summed E-state index contributed by atoms with van der Waals surface area (Å²) in [5, 5.41) is 3.38. The summed E-state index contributed by atoms with van der Waals surface area (Å²) in [5.41, 5.74) is 0. The molecule has 3 heteroatoms. The summed E-state index contributed by atoms with van der Waals surface area (Å²) in [6.07, 6.45) is 2.09. The summed E-state index contributed by atoms with van der Waals surface area (Å²) in [7, 11) is 1.46. The smallest absolute Gasteiger partial charge is 0.309 e. The monoisotopic (exact) mass is 185 g/mol. The molecule has 0 radical (unpaired) electrons. The molecule has 0 spiro atoms. The molecule has 76 valence electrons. The Morgan fingerprint density at radius 3 is 2.77 bits per heavy atom. The van der Waals surface area contributed by atoms with Crippen LogP contribution in [0.25, 0.3) is 0 Å². The van der Waals surface area contributed by atoms with Crippen LogP contribution in [0, 0.1) is 11.8 Å². The van der Waals surface area contributed by atoms with E-state index in [9.17, 15) is 4.79 Å². The van der Waals surface area contributed by atoms with Gasteiger partial charge in [0.25, 0.3) is 0 Å². The van der Waals surface area contributed by atoms with E-state index in [2.05, 4.69) is 19.2 Å². The number of hydrogen-bond donors (Lipinski definition) is 1. The molecule has 1 N–H and O–H groups in total. The van der Waals surface area contributed by atoms with Crippen LogP contribution in [0.4, 0.5) is 0 Å². The lowest BCUT2D eigenvalue weighted by Gasteiger charge is -2.33. The SMILES string of the molecule is CCC1NCC(C(=O)OC)CC1C. The fourth-order valence-corrected chi connectivity index (χ4v) is 2.08. The van der Waals surface area contributed by atoms with Gasteiger partial charge in [-0.1, -0.05) is 13.8 Å². The van der Waals surface area contributed by atoms with E-state index < -0.39 is 0 Å².